The minimum absolute atomic E-state index is 0.147. The lowest BCUT2D eigenvalue weighted by Gasteiger charge is -2.33. The minimum Gasteiger partial charge on any atom is -0.393 e. The van der Waals surface area contributed by atoms with Crippen molar-refractivity contribution in [2.45, 2.75) is 32.4 Å². The molecule has 1 aliphatic heterocycles. The lowest BCUT2D eigenvalue weighted by atomic mass is 10.1. The van der Waals surface area contributed by atoms with Gasteiger partial charge in [-0.15, -0.1) is 0 Å². The molecule has 2 heterocycles. The smallest absolute Gasteiger partial charge is 0.0783 e. The highest BCUT2D eigenvalue weighted by Gasteiger charge is 2.20. The van der Waals surface area contributed by atoms with Crippen molar-refractivity contribution in [1.29, 1.82) is 0 Å². The Morgan fingerprint density at radius 2 is 2.05 bits per heavy atom. The molecule has 0 aliphatic carbocycles. The van der Waals surface area contributed by atoms with Crippen LogP contribution in [0.3, 0.4) is 0 Å². The van der Waals surface area contributed by atoms with Crippen molar-refractivity contribution < 1.29 is 5.11 Å². The topological polar surface area (TPSA) is 39.6 Å². The number of anilines is 1. The number of aliphatic hydroxyl groups is 1. The molecule has 1 fully saturated rings. The maximum absolute atomic E-state index is 9.64. The lowest BCUT2D eigenvalue weighted by molar-refractivity contribution is 0.145. The summed E-state index contributed by atoms with van der Waals surface area (Å²) in [6, 6.07) is 4.19. The summed E-state index contributed by atoms with van der Waals surface area (Å²) in [5.74, 6) is 0. The molecule has 4 heteroatoms. The number of piperidine rings is 1. The summed E-state index contributed by atoms with van der Waals surface area (Å²) in [4.78, 5) is 9.23. The number of allylic oxidation sites excluding steroid dienone is 1. The monoisotopic (exact) mass is 275 g/mol. The van der Waals surface area contributed by atoms with Gasteiger partial charge in [0.15, 0.2) is 0 Å². The Kier molecular flexibility index (Phi) is 4.78. The summed E-state index contributed by atoms with van der Waals surface area (Å²) >= 11 is 0. The number of rotatable bonds is 4. The second kappa shape index (κ2) is 6.37. The van der Waals surface area contributed by atoms with E-state index in [4.69, 9.17) is 4.98 Å². The minimum atomic E-state index is -0.147. The van der Waals surface area contributed by atoms with Gasteiger partial charge in [-0.05, 0) is 51.6 Å². The molecule has 4 nitrogen and oxygen atoms in total. The molecule has 0 spiro atoms. The number of nitrogens with zero attached hydrogens (tertiary/aromatic N) is 3. The largest absolute Gasteiger partial charge is 0.393 e. The molecule has 110 valence electrons. The van der Waals surface area contributed by atoms with E-state index in [1.54, 1.807) is 0 Å². The van der Waals surface area contributed by atoms with E-state index in [1.807, 2.05) is 13.0 Å². The lowest BCUT2D eigenvalue weighted by Crippen LogP contribution is -2.36. The van der Waals surface area contributed by atoms with Crippen LogP contribution in [0, 0.1) is 0 Å². The zero-order valence-corrected chi connectivity index (χ0v) is 12.8. The summed E-state index contributed by atoms with van der Waals surface area (Å²) < 4.78 is 0. The first-order chi connectivity index (χ1) is 9.47. The molecule has 1 N–H and O–H groups in total. The Morgan fingerprint density at radius 1 is 1.40 bits per heavy atom. The Morgan fingerprint density at radius 3 is 2.60 bits per heavy atom. The second-order valence-corrected chi connectivity index (χ2v) is 5.90. The van der Waals surface area contributed by atoms with Gasteiger partial charge in [-0.2, -0.15) is 0 Å². The number of aromatic nitrogens is 1. The summed E-state index contributed by atoms with van der Waals surface area (Å²) in [6.45, 7) is 8.57. The van der Waals surface area contributed by atoms with E-state index in [0.717, 1.165) is 49.4 Å². The normalized spacial score (nSPS) is 16.8. The van der Waals surface area contributed by atoms with Crippen molar-refractivity contribution in [3.8, 4) is 0 Å². The summed E-state index contributed by atoms with van der Waals surface area (Å²) in [6.07, 6.45) is 1.53. The predicted octanol–water partition coefficient (Wildman–Crippen LogP) is 2.14. The van der Waals surface area contributed by atoms with Crippen molar-refractivity contribution >= 4 is 11.3 Å². The van der Waals surface area contributed by atoms with Crippen LogP contribution in [-0.2, 0) is 6.54 Å². The van der Waals surface area contributed by atoms with Crippen LogP contribution in [0.5, 0.6) is 0 Å². The fourth-order valence-corrected chi connectivity index (χ4v) is 2.54. The summed E-state index contributed by atoms with van der Waals surface area (Å²) in [5, 5.41) is 9.64. The Labute approximate surface area is 121 Å². The predicted molar refractivity (Wildman–Crippen MR) is 83.8 cm³/mol. The van der Waals surface area contributed by atoms with Crippen LogP contribution in [0.15, 0.2) is 18.7 Å². The Balaban J connectivity index is 2.28. The van der Waals surface area contributed by atoms with Crippen LogP contribution in [0.2, 0.25) is 0 Å². The maximum atomic E-state index is 9.64. The zero-order chi connectivity index (χ0) is 14.7. The third-order valence-electron chi connectivity index (χ3n) is 3.66. The number of hydrogen-bond donors (Lipinski definition) is 1. The average Bonchev–Trinajstić information content (AvgIpc) is 2.39. The molecule has 0 radical (unpaired) electrons. The van der Waals surface area contributed by atoms with Crippen LogP contribution in [-0.4, -0.2) is 48.3 Å². The van der Waals surface area contributed by atoms with Gasteiger partial charge in [-0.3, -0.25) is 0 Å². The third kappa shape index (κ3) is 3.58. The van der Waals surface area contributed by atoms with Gasteiger partial charge in [0.05, 0.1) is 23.2 Å². The van der Waals surface area contributed by atoms with Gasteiger partial charge in [-0.1, -0.05) is 6.58 Å². The third-order valence-corrected chi connectivity index (χ3v) is 3.66. The first-order valence-corrected chi connectivity index (χ1v) is 7.21. The van der Waals surface area contributed by atoms with E-state index in [0.29, 0.717) is 0 Å². The van der Waals surface area contributed by atoms with Crippen molar-refractivity contribution in [1.82, 2.24) is 9.88 Å². The number of pyridine rings is 1. The molecule has 20 heavy (non-hydrogen) atoms. The van der Waals surface area contributed by atoms with Crippen LogP contribution < -0.4 is 4.90 Å². The van der Waals surface area contributed by atoms with Crippen molar-refractivity contribution in [2.24, 2.45) is 0 Å². The average molecular weight is 275 g/mol. The molecule has 1 aromatic heterocycles. The first-order valence-electron chi connectivity index (χ1n) is 7.21. The van der Waals surface area contributed by atoms with Crippen molar-refractivity contribution in [2.75, 3.05) is 32.1 Å². The zero-order valence-electron chi connectivity index (χ0n) is 12.8. The van der Waals surface area contributed by atoms with E-state index < -0.39 is 0 Å². The quantitative estimate of drug-likeness (QED) is 0.914. The highest BCUT2D eigenvalue weighted by molar-refractivity contribution is 5.62. The molecule has 1 aromatic rings. The van der Waals surface area contributed by atoms with Gasteiger partial charge in [-0.25, -0.2) is 4.98 Å². The summed E-state index contributed by atoms with van der Waals surface area (Å²) in [5.41, 5.74) is 4.23. The van der Waals surface area contributed by atoms with Gasteiger partial charge in [0.1, 0.15) is 0 Å². The van der Waals surface area contributed by atoms with Crippen molar-refractivity contribution in [3.05, 3.63) is 30.1 Å². The molecule has 0 atom stereocenters. The van der Waals surface area contributed by atoms with Gasteiger partial charge in [0, 0.05) is 19.6 Å². The molecular weight excluding hydrogens is 250 g/mol. The molecule has 0 aromatic carbocycles. The molecule has 0 unspecified atom stereocenters. The molecule has 1 aliphatic rings. The van der Waals surface area contributed by atoms with E-state index in [9.17, 15) is 5.11 Å². The standard InChI is InChI=1S/C16H25N3O/c1-12(2)14-5-6-16(15(17-14)11-18(3)4)19-9-7-13(20)8-10-19/h5-6,13,20H,1,7-11H2,2-4H3. The first kappa shape index (κ1) is 15.0. The Hall–Kier alpha value is -1.39. The SMILES string of the molecule is C=C(C)c1ccc(N2CCC(O)CC2)c(CN(C)C)n1. The van der Waals surface area contributed by atoms with Gasteiger partial charge >= 0.3 is 0 Å². The van der Waals surface area contributed by atoms with Crippen molar-refractivity contribution in [3.63, 3.8) is 0 Å². The molecule has 2 rings (SSSR count). The molecule has 1 saturated heterocycles. The molecular formula is C16H25N3O. The van der Waals surface area contributed by atoms with Crippen LogP contribution in [0.1, 0.15) is 31.2 Å². The van der Waals surface area contributed by atoms with E-state index in [-0.39, 0.29) is 6.10 Å². The highest BCUT2D eigenvalue weighted by atomic mass is 16.3. The van der Waals surface area contributed by atoms with E-state index in [1.165, 1.54) is 5.69 Å². The fraction of sp³-hybridized carbons (Fsp3) is 0.562. The second-order valence-electron chi connectivity index (χ2n) is 5.90. The van der Waals surface area contributed by atoms with Gasteiger partial charge in [0.2, 0.25) is 0 Å². The van der Waals surface area contributed by atoms with Crippen LogP contribution in [0.4, 0.5) is 5.69 Å². The molecule has 0 bridgehead atoms. The fourth-order valence-electron chi connectivity index (χ4n) is 2.54. The molecule has 0 saturated carbocycles. The summed E-state index contributed by atoms with van der Waals surface area (Å²) in [7, 11) is 4.11. The van der Waals surface area contributed by atoms with Gasteiger partial charge < -0.3 is 14.9 Å². The van der Waals surface area contributed by atoms with E-state index in [2.05, 4.69) is 36.5 Å². The van der Waals surface area contributed by atoms with Crippen LogP contribution in [0.25, 0.3) is 5.57 Å². The van der Waals surface area contributed by atoms with Crippen LogP contribution >= 0.6 is 0 Å². The number of aliphatic hydroxyl groups excluding tert-OH is 1. The number of hydrogen-bond acceptors (Lipinski definition) is 4. The maximum Gasteiger partial charge on any atom is 0.0783 e. The molecule has 0 amide bonds. The Bertz CT molecular complexity index is 477. The highest BCUT2D eigenvalue weighted by Crippen LogP contribution is 2.25. The van der Waals surface area contributed by atoms with Gasteiger partial charge in [0.25, 0.3) is 0 Å². The van der Waals surface area contributed by atoms with E-state index >= 15 is 0 Å².